The Morgan fingerprint density at radius 1 is 1.40 bits per heavy atom. The van der Waals surface area contributed by atoms with E-state index < -0.39 is 0 Å². The van der Waals surface area contributed by atoms with Crippen molar-refractivity contribution in [2.75, 3.05) is 19.7 Å². The Labute approximate surface area is 148 Å². The number of ether oxygens (including phenoxy) is 1. The van der Waals surface area contributed by atoms with Crippen molar-refractivity contribution in [1.29, 1.82) is 0 Å². The first-order chi connectivity index (χ1) is 12.2. The van der Waals surface area contributed by atoms with E-state index in [1.54, 1.807) is 10.9 Å². The molecular weight excluding hydrogens is 316 g/mol. The van der Waals surface area contributed by atoms with Crippen molar-refractivity contribution in [3.05, 3.63) is 42.2 Å². The average Bonchev–Trinajstić information content (AvgIpc) is 3.07. The molecule has 0 aliphatic carbocycles. The maximum Gasteiger partial charge on any atom is 0.275 e. The molecule has 2 N–H and O–H groups in total. The van der Waals surface area contributed by atoms with Gasteiger partial charge in [-0.2, -0.15) is 5.10 Å². The fourth-order valence-electron chi connectivity index (χ4n) is 2.97. The second-order valence-electron chi connectivity index (χ2n) is 6.52. The fraction of sp³-hybridized carbons (Fsp3) is 0.474. The van der Waals surface area contributed by atoms with Gasteiger partial charge in [0.1, 0.15) is 0 Å². The van der Waals surface area contributed by atoms with Gasteiger partial charge in [-0.3, -0.25) is 4.79 Å². The van der Waals surface area contributed by atoms with Gasteiger partial charge >= 0.3 is 0 Å². The van der Waals surface area contributed by atoms with Gasteiger partial charge < -0.3 is 15.4 Å². The molecule has 3 rings (SSSR count). The Morgan fingerprint density at radius 2 is 2.20 bits per heavy atom. The van der Waals surface area contributed by atoms with Gasteiger partial charge in [-0.25, -0.2) is 4.68 Å². The van der Waals surface area contributed by atoms with E-state index in [1.165, 1.54) is 0 Å². The van der Waals surface area contributed by atoms with Crippen LogP contribution < -0.4 is 15.4 Å². The van der Waals surface area contributed by atoms with E-state index in [0.29, 0.717) is 24.0 Å². The van der Waals surface area contributed by atoms with E-state index in [4.69, 9.17) is 4.74 Å². The minimum absolute atomic E-state index is 0.113. The quantitative estimate of drug-likeness (QED) is 0.846. The van der Waals surface area contributed by atoms with Gasteiger partial charge in [-0.15, -0.1) is 0 Å². The second kappa shape index (κ2) is 8.16. The minimum atomic E-state index is -0.179. The standard InChI is InChI=1S/C19H26N4O2/c1-3-11-25-17-13-23(15-7-5-4-6-8-15)22-18(17)19(24)21-16-12-20-10-9-14(16)2/h4-8,13-14,16,20H,3,9-12H2,1-2H3,(H,21,24). The van der Waals surface area contributed by atoms with Gasteiger partial charge in [0.2, 0.25) is 0 Å². The number of hydrogen-bond donors (Lipinski definition) is 2. The first-order valence-corrected chi connectivity index (χ1v) is 8.98. The van der Waals surface area contributed by atoms with E-state index in [2.05, 4.69) is 22.7 Å². The van der Waals surface area contributed by atoms with Crippen LogP contribution in [-0.4, -0.2) is 41.4 Å². The van der Waals surface area contributed by atoms with Crippen molar-refractivity contribution in [3.8, 4) is 11.4 Å². The molecule has 1 fully saturated rings. The number of amides is 1. The summed E-state index contributed by atoms with van der Waals surface area (Å²) in [5.74, 6) is 0.794. The van der Waals surface area contributed by atoms with Gasteiger partial charge in [0.05, 0.1) is 18.5 Å². The molecule has 0 radical (unpaired) electrons. The molecule has 0 saturated carbocycles. The van der Waals surface area contributed by atoms with E-state index in [0.717, 1.165) is 31.6 Å². The Balaban J connectivity index is 1.82. The summed E-state index contributed by atoms with van der Waals surface area (Å²) in [6.45, 7) is 6.56. The molecule has 25 heavy (non-hydrogen) atoms. The number of para-hydroxylation sites is 1. The van der Waals surface area contributed by atoms with Crippen molar-refractivity contribution in [2.45, 2.75) is 32.7 Å². The largest absolute Gasteiger partial charge is 0.489 e. The third kappa shape index (κ3) is 4.20. The lowest BCUT2D eigenvalue weighted by Gasteiger charge is -2.30. The number of carbonyl (C=O) groups excluding carboxylic acids is 1. The summed E-state index contributed by atoms with van der Waals surface area (Å²) in [6.07, 6.45) is 3.71. The topological polar surface area (TPSA) is 68.2 Å². The maximum atomic E-state index is 12.8. The summed E-state index contributed by atoms with van der Waals surface area (Å²) in [5.41, 5.74) is 1.24. The molecule has 0 spiro atoms. The van der Waals surface area contributed by atoms with Crippen LogP contribution in [0.25, 0.3) is 5.69 Å². The Kier molecular flexibility index (Phi) is 5.71. The molecule has 2 atom stereocenters. The van der Waals surface area contributed by atoms with Crippen LogP contribution in [0.3, 0.4) is 0 Å². The van der Waals surface area contributed by atoms with Crippen molar-refractivity contribution in [1.82, 2.24) is 20.4 Å². The van der Waals surface area contributed by atoms with Gasteiger partial charge in [0.25, 0.3) is 5.91 Å². The lowest BCUT2D eigenvalue weighted by atomic mass is 9.95. The van der Waals surface area contributed by atoms with Crippen LogP contribution in [0.15, 0.2) is 36.5 Å². The minimum Gasteiger partial charge on any atom is -0.489 e. The monoisotopic (exact) mass is 342 g/mol. The predicted molar refractivity (Wildman–Crippen MR) is 97.3 cm³/mol. The fourth-order valence-corrected chi connectivity index (χ4v) is 2.97. The predicted octanol–water partition coefficient (Wildman–Crippen LogP) is 2.39. The Hall–Kier alpha value is -2.34. The number of aromatic nitrogens is 2. The highest BCUT2D eigenvalue weighted by molar-refractivity contribution is 5.95. The summed E-state index contributed by atoms with van der Waals surface area (Å²) < 4.78 is 7.46. The van der Waals surface area contributed by atoms with Crippen molar-refractivity contribution in [2.24, 2.45) is 5.92 Å². The summed E-state index contributed by atoms with van der Waals surface area (Å²) in [6, 6.07) is 9.85. The average molecular weight is 342 g/mol. The molecule has 1 aromatic heterocycles. The number of hydrogen-bond acceptors (Lipinski definition) is 4. The number of nitrogens with one attached hydrogen (secondary N) is 2. The van der Waals surface area contributed by atoms with Crippen LogP contribution in [0, 0.1) is 5.92 Å². The normalized spacial score (nSPS) is 20.2. The zero-order valence-corrected chi connectivity index (χ0v) is 14.9. The van der Waals surface area contributed by atoms with Crippen LogP contribution in [0.5, 0.6) is 5.75 Å². The number of carbonyl (C=O) groups is 1. The summed E-state index contributed by atoms with van der Waals surface area (Å²) >= 11 is 0. The molecule has 2 unspecified atom stereocenters. The molecule has 2 aromatic rings. The Morgan fingerprint density at radius 3 is 2.92 bits per heavy atom. The van der Waals surface area contributed by atoms with Gasteiger partial charge in [-0.05, 0) is 37.4 Å². The highest BCUT2D eigenvalue weighted by Crippen LogP contribution is 2.21. The highest BCUT2D eigenvalue weighted by atomic mass is 16.5. The molecule has 1 amide bonds. The van der Waals surface area contributed by atoms with Crippen LogP contribution in [0.1, 0.15) is 37.2 Å². The Bertz CT molecular complexity index is 699. The molecular formula is C19H26N4O2. The number of rotatable bonds is 6. The van der Waals surface area contributed by atoms with E-state index in [9.17, 15) is 4.79 Å². The van der Waals surface area contributed by atoms with Crippen molar-refractivity contribution < 1.29 is 9.53 Å². The van der Waals surface area contributed by atoms with Crippen molar-refractivity contribution in [3.63, 3.8) is 0 Å². The molecule has 6 heteroatoms. The summed E-state index contributed by atoms with van der Waals surface area (Å²) in [7, 11) is 0. The van der Waals surface area contributed by atoms with Crippen LogP contribution in [-0.2, 0) is 0 Å². The second-order valence-corrected chi connectivity index (χ2v) is 6.52. The van der Waals surface area contributed by atoms with Crippen LogP contribution in [0.2, 0.25) is 0 Å². The van der Waals surface area contributed by atoms with Crippen LogP contribution in [0.4, 0.5) is 0 Å². The summed E-state index contributed by atoms with van der Waals surface area (Å²) in [4.78, 5) is 12.8. The van der Waals surface area contributed by atoms with Crippen LogP contribution >= 0.6 is 0 Å². The summed E-state index contributed by atoms with van der Waals surface area (Å²) in [5, 5.41) is 10.9. The first-order valence-electron chi connectivity index (χ1n) is 8.98. The van der Waals surface area contributed by atoms with Gasteiger partial charge in [-0.1, -0.05) is 32.0 Å². The zero-order chi connectivity index (χ0) is 17.6. The van der Waals surface area contributed by atoms with Crippen molar-refractivity contribution >= 4 is 5.91 Å². The van der Waals surface area contributed by atoms with E-state index in [1.807, 2.05) is 37.3 Å². The molecule has 1 aromatic carbocycles. The zero-order valence-electron chi connectivity index (χ0n) is 14.9. The number of nitrogens with zero attached hydrogens (tertiary/aromatic N) is 2. The lowest BCUT2D eigenvalue weighted by molar-refractivity contribution is 0.0905. The SMILES string of the molecule is CCCOc1cn(-c2ccccc2)nc1C(=O)NC1CNCCC1C. The highest BCUT2D eigenvalue weighted by Gasteiger charge is 2.26. The van der Waals surface area contributed by atoms with E-state index >= 15 is 0 Å². The molecule has 1 aliphatic heterocycles. The molecule has 134 valence electrons. The van der Waals surface area contributed by atoms with E-state index in [-0.39, 0.29) is 11.9 Å². The smallest absolute Gasteiger partial charge is 0.275 e. The third-order valence-corrected chi connectivity index (χ3v) is 4.52. The third-order valence-electron chi connectivity index (χ3n) is 4.52. The van der Waals surface area contributed by atoms with Gasteiger partial charge in [0, 0.05) is 12.6 Å². The number of piperidine rings is 1. The molecule has 0 bridgehead atoms. The molecule has 1 aliphatic rings. The number of benzene rings is 1. The molecule has 6 nitrogen and oxygen atoms in total. The van der Waals surface area contributed by atoms with Gasteiger partial charge in [0.15, 0.2) is 11.4 Å². The lowest BCUT2D eigenvalue weighted by Crippen LogP contribution is -2.50. The first kappa shape index (κ1) is 17.5. The maximum absolute atomic E-state index is 12.8. The molecule has 2 heterocycles. The molecule has 1 saturated heterocycles.